The molecular weight excluding hydrogens is 316 g/mol. The predicted octanol–water partition coefficient (Wildman–Crippen LogP) is 3.43. The number of rotatable bonds is 9. The van der Waals surface area contributed by atoms with Crippen LogP contribution < -0.4 is 4.74 Å². The molecule has 25 heavy (non-hydrogen) atoms. The van der Waals surface area contributed by atoms with Crippen molar-refractivity contribution >= 4 is 5.91 Å². The number of methoxy groups -OCH3 is 1. The van der Waals surface area contributed by atoms with Gasteiger partial charge in [-0.3, -0.25) is 9.78 Å². The molecule has 0 aliphatic rings. The van der Waals surface area contributed by atoms with Crippen LogP contribution in [0.25, 0.3) is 0 Å². The molecule has 0 saturated carbocycles. The molecule has 1 atom stereocenters. The highest BCUT2D eigenvalue weighted by Crippen LogP contribution is 2.18. The lowest BCUT2D eigenvalue weighted by Gasteiger charge is -2.23. The predicted molar refractivity (Wildman–Crippen MR) is 97.2 cm³/mol. The molecule has 0 fully saturated rings. The van der Waals surface area contributed by atoms with E-state index in [4.69, 9.17) is 9.47 Å². The minimum atomic E-state index is -0.0227. The van der Waals surface area contributed by atoms with Gasteiger partial charge in [0.05, 0.1) is 6.61 Å². The van der Waals surface area contributed by atoms with Crippen molar-refractivity contribution in [2.45, 2.75) is 39.5 Å². The number of amides is 1. The van der Waals surface area contributed by atoms with Gasteiger partial charge >= 0.3 is 0 Å². The summed E-state index contributed by atoms with van der Waals surface area (Å²) in [6.07, 6.45) is 3.95. The first-order valence-electron chi connectivity index (χ1n) is 8.53. The van der Waals surface area contributed by atoms with Crippen molar-refractivity contribution in [3.63, 3.8) is 0 Å². The highest BCUT2D eigenvalue weighted by atomic mass is 16.5. The maximum absolute atomic E-state index is 12.3. The fourth-order valence-corrected chi connectivity index (χ4v) is 2.60. The topological polar surface area (TPSA) is 51.7 Å². The van der Waals surface area contributed by atoms with Gasteiger partial charge in [0.2, 0.25) is 5.91 Å². The van der Waals surface area contributed by atoms with Crippen LogP contribution in [0, 0.1) is 0 Å². The molecule has 0 spiro atoms. The molecule has 0 aliphatic heterocycles. The van der Waals surface area contributed by atoms with Gasteiger partial charge in [-0.15, -0.1) is 0 Å². The highest BCUT2D eigenvalue weighted by Gasteiger charge is 2.13. The van der Waals surface area contributed by atoms with Crippen LogP contribution in [0.3, 0.4) is 0 Å². The summed E-state index contributed by atoms with van der Waals surface area (Å²) in [6, 6.07) is 11.7. The maximum Gasteiger partial charge on any atom is 0.222 e. The normalized spacial score (nSPS) is 11.8. The molecule has 1 aromatic heterocycles. The zero-order valence-electron chi connectivity index (χ0n) is 15.1. The fourth-order valence-electron chi connectivity index (χ4n) is 2.60. The van der Waals surface area contributed by atoms with E-state index >= 15 is 0 Å². The van der Waals surface area contributed by atoms with E-state index in [1.54, 1.807) is 19.5 Å². The van der Waals surface area contributed by atoms with Crippen LogP contribution >= 0.6 is 0 Å². The van der Waals surface area contributed by atoms with Crippen molar-refractivity contribution in [3.8, 4) is 5.75 Å². The van der Waals surface area contributed by atoms with Gasteiger partial charge in [0.15, 0.2) is 0 Å². The van der Waals surface area contributed by atoms with Crippen LogP contribution in [0.4, 0.5) is 0 Å². The number of carbonyl (C=O) groups is 1. The average Bonchev–Trinajstić information content (AvgIpc) is 2.62. The number of nitrogens with zero attached hydrogens (tertiary/aromatic N) is 2. The minimum absolute atomic E-state index is 0.0227. The summed E-state index contributed by atoms with van der Waals surface area (Å²) in [4.78, 5) is 18.2. The standard InChI is InChI=1S/C20H26N2O3/c1-4-20(23)22(13-17-8-10-21-11-9-17)14-18-6-5-7-19(12-18)25-16(2)15-24-3/h5-12,16H,4,13-15H2,1-3H3/t16-/m1/s1. The van der Waals surface area contributed by atoms with Crippen molar-refractivity contribution in [1.29, 1.82) is 0 Å². The summed E-state index contributed by atoms with van der Waals surface area (Å²) in [6.45, 7) is 5.50. The Kier molecular flexibility index (Phi) is 7.41. The Balaban J connectivity index is 2.08. The van der Waals surface area contributed by atoms with Crippen molar-refractivity contribution in [1.82, 2.24) is 9.88 Å². The number of benzene rings is 1. The quantitative estimate of drug-likeness (QED) is 0.700. The second kappa shape index (κ2) is 9.79. The molecule has 0 N–H and O–H groups in total. The SMILES string of the molecule is CCC(=O)N(Cc1ccncc1)Cc1cccc(O[C@H](C)COC)c1. The number of carbonyl (C=O) groups excluding carboxylic acids is 1. The molecule has 134 valence electrons. The monoisotopic (exact) mass is 342 g/mol. The van der Waals surface area contributed by atoms with Gasteiger partial charge in [0.25, 0.3) is 0 Å². The van der Waals surface area contributed by atoms with E-state index in [9.17, 15) is 4.79 Å². The Morgan fingerprint density at radius 3 is 2.56 bits per heavy atom. The van der Waals surface area contributed by atoms with Crippen LogP contribution in [0.15, 0.2) is 48.8 Å². The van der Waals surface area contributed by atoms with Gasteiger partial charge in [0.1, 0.15) is 11.9 Å². The van der Waals surface area contributed by atoms with Crippen LogP contribution in [0.5, 0.6) is 5.75 Å². The van der Waals surface area contributed by atoms with Crippen LogP contribution in [-0.4, -0.2) is 35.6 Å². The van der Waals surface area contributed by atoms with Gasteiger partial charge in [0, 0.05) is 39.0 Å². The zero-order chi connectivity index (χ0) is 18.1. The molecule has 5 heteroatoms. The van der Waals surface area contributed by atoms with E-state index < -0.39 is 0 Å². The Bertz CT molecular complexity index is 661. The second-order valence-electron chi connectivity index (χ2n) is 5.99. The summed E-state index contributed by atoms with van der Waals surface area (Å²) in [5, 5.41) is 0. The Morgan fingerprint density at radius 2 is 1.88 bits per heavy atom. The summed E-state index contributed by atoms with van der Waals surface area (Å²) in [5.41, 5.74) is 2.11. The lowest BCUT2D eigenvalue weighted by atomic mass is 10.1. The van der Waals surface area contributed by atoms with Crippen LogP contribution in [0.1, 0.15) is 31.4 Å². The maximum atomic E-state index is 12.3. The number of pyridine rings is 1. The summed E-state index contributed by atoms with van der Waals surface area (Å²) in [5.74, 6) is 0.908. The van der Waals surface area contributed by atoms with Crippen molar-refractivity contribution in [3.05, 3.63) is 59.9 Å². The third-order valence-electron chi connectivity index (χ3n) is 3.79. The Hall–Kier alpha value is -2.40. The van der Waals surface area contributed by atoms with Gasteiger partial charge in [-0.1, -0.05) is 19.1 Å². The number of hydrogen-bond donors (Lipinski definition) is 0. The smallest absolute Gasteiger partial charge is 0.222 e. The third-order valence-corrected chi connectivity index (χ3v) is 3.79. The van der Waals surface area contributed by atoms with E-state index in [-0.39, 0.29) is 12.0 Å². The highest BCUT2D eigenvalue weighted by molar-refractivity contribution is 5.75. The summed E-state index contributed by atoms with van der Waals surface area (Å²) in [7, 11) is 1.66. The van der Waals surface area contributed by atoms with Crippen molar-refractivity contribution in [2.24, 2.45) is 0 Å². The van der Waals surface area contributed by atoms with Gasteiger partial charge in [-0.2, -0.15) is 0 Å². The molecule has 2 rings (SSSR count). The van der Waals surface area contributed by atoms with Crippen LogP contribution in [-0.2, 0) is 22.6 Å². The van der Waals surface area contributed by atoms with Gasteiger partial charge in [-0.25, -0.2) is 0 Å². The van der Waals surface area contributed by atoms with Crippen molar-refractivity contribution < 1.29 is 14.3 Å². The molecule has 2 aromatic rings. The summed E-state index contributed by atoms with van der Waals surface area (Å²) >= 11 is 0. The zero-order valence-corrected chi connectivity index (χ0v) is 15.1. The number of hydrogen-bond acceptors (Lipinski definition) is 4. The van der Waals surface area contributed by atoms with E-state index in [2.05, 4.69) is 4.98 Å². The van der Waals surface area contributed by atoms with Crippen molar-refractivity contribution in [2.75, 3.05) is 13.7 Å². The fraction of sp³-hybridized carbons (Fsp3) is 0.400. The largest absolute Gasteiger partial charge is 0.488 e. The first kappa shape index (κ1) is 18.9. The minimum Gasteiger partial charge on any atom is -0.488 e. The Morgan fingerprint density at radius 1 is 1.16 bits per heavy atom. The average molecular weight is 342 g/mol. The van der Waals surface area contributed by atoms with Gasteiger partial charge in [-0.05, 0) is 42.3 Å². The molecular formula is C20H26N2O3. The number of ether oxygens (including phenoxy) is 2. The van der Waals surface area contributed by atoms with E-state index in [1.807, 2.05) is 55.1 Å². The molecule has 0 saturated heterocycles. The molecule has 1 amide bonds. The second-order valence-corrected chi connectivity index (χ2v) is 5.99. The molecule has 1 aromatic carbocycles. The summed E-state index contributed by atoms with van der Waals surface area (Å²) < 4.78 is 10.9. The number of aromatic nitrogens is 1. The molecule has 0 aliphatic carbocycles. The van der Waals surface area contributed by atoms with Crippen LogP contribution in [0.2, 0.25) is 0 Å². The molecule has 0 bridgehead atoms. The lowest BCUT2D eigenvalue weighted by molar-refractivity contribution is -0.132. The lowest BCUT2D eigenvalue weighted by Crippen LogP contribution is -2.29. The first-order chi connectivity index (χ1) is 12.1. The molecule has 5 nitrogen and oxygen atoms in total. The van der Waals surface area contributed by atoms with E-state index in [0.717, 1.165) is 16.9 Å². The third kappa shape index (κ3) is 6.19. The van der Waals surface area contributed by atoms with E-state index in [1.165, 1.54) is 0 Å². The molecule has 1 heterocycles. The molecule has 0 unspecified atom stereocenters. The van der Waals surface area contributed by atoms with Gasteiger partial charge < -0.3 is 14.4 Å². The Labute approximate surface area is 149 Å². The first-order valence-corrected chi connectivity index (χ1v) is 8.53. The molecule has 0 radical (unpaired) electrons. The van der Waals surface area contributed by atoms with E-state index in [0.29, 0.717) is 26.1 Å².